The first kappa shape index (κ1) is 23.2. The van der Waals surface area contributed by atoms with Crippen LogP contribution in [-0.4, -0.2) is 69.5 Å². The van der Waals surface area contributed by atoms with Crippen molar-refractivity contribution in [3.05, 3.63) is 59.2 Å². The Balaban J connectivity index is 1.65. The summed E-state index contributed by atoms with van der Waals surface area (Å²) in [5.41, 5.74) is 2.47. The summed E-state index contributed by atoms with van der Waals surface area (Å²) < 4.78 is 38.5. The minimum absolute atomic E-state index is 0.157. The Morgan fingerprint density at radius 3 is 2.35 bits per heavy atom. The Kier molecular flexibility index (Phi) is 7.69. The normalized spacial score (nSPS) is 15.1. The van der Waals surface area contributed by atoms with E-state index in [0.29, 0.717) is 49.1 Å². The molecule has 0 saturated carbocycles. The largest absolute Gasteiger partial charge is 0.490 e. The van der Waals surface area contributed by atoms with Crippen molar-refractivity contribution in [1.29, 1.82) is 0 Å². The molecule has 0 unspecified atom stereocenters. The number of sulfonamides is 1. The predicted molar refractivity (Wildman–Crippen MR) is 119 cm³/mol. The number of piperazine rings is 1. The molecule has 0 N–H and O–H groups in total. The van der Waals surface area contributed by atoms with E-state index >= 15 is 0 Å². The minimum Gasteiger partial charge on any atom is -0.490 e. The quantitative estimate of drug-likeness (QED) is 0.583. The highest BCUT2D eigenvalue weighted by atomic mass is 32.2. The van der Waals surface area contributed by atoms with E-state index in [4.69, 9.17) is 9.47 Å². The van der Waals surface area contributed by atoms with Gasteiger partial charge in [0.2, 0.25) is 10.0 Å². The van der Waals surface area contributed by atoms with Gasteiger partial charge in [0.1, 0.15) is 12.4 Å². The van der Waals surface area contributed by atoms with Crippen molar-refractivity contribution >= 4 is 15.9 Å². The van der Waals surface area contributed by atoms with Crippen molar-refractivity contribution in [3.8, 4) is 5.75 Å². The first-order valence-corrected chi connectivity index (χ1v) is 11.9. The zero-order valence-corrected chi connectivity index (χ0v) is 19.2. The maximum atomic E-state index is 13.1. The molecule has 8 heteroatoms. The monoisotopic (exact) mass is 446 g/mol. The summed E-state index contributed by atoms with van der Waals surface area (Å²) in [7, 11) is -3.58. The molecule has 1 aliphatic heterocycles. The van der Waals surface area contributed by atoms with Crippen LogP contribution in [0.4, 0.5) is 0 Å². The number of benzene rings is 2. The van der Waals surface area contributed by atoms with Gasteiger partial charge < -0.3 is 14.4 Å². The fourth-order valence-corrected chi connectivity index (χ4v) is 4.96. The molecule has 0 aromatic heterocycles. The van der Waals surface area contributed by atoms with Gasteiger partial charge in [-0.1, -0.05) is 18.2 Å². The second-order valence-corrected chi connectivity index (χ2v) is 9.42. The molecule has 0 spiro atoms. The summed E-state index contributed by atoms with van der Waals surface area (Å²) in [6.45, 7) is 8.37. The fraction of sp³-hybridized carbons (Fsp3) is 0.435. The molecule has 1 amide bonds. The number of para-hydroxylation sites is 1. The van der Waals surface area contributed by atoms with E-state index in [1.54, 1.807) is 35.2 Å². The van der Waals surface area contributed by atoms with Crippen LogP contribution in [0.25, 0.3) is 0 Å². The van der Waals surface area contributed by atoms with E-state index < -0.39 is 10.0 Å². The lowest BCUT2D eigenvalue weighted by Crippen LogP contribution is -2.50. The average molecular weight is 447 g/mol. The summed E-state index contributed by atoms with van der Waals surface area (Å²) in [4.78, 5) is 15.0. The molecule has 168 valence electrons. The number of amides is 1. The summed E-state index contributed by atoms with van der Waals surface area (Å²) in [6.07, 6.45) is 0. The van der Waals surface area contributed by atoms with E-state index in [-0.39, 0.29) is 19.0 Å². The zero-order valence-electron chi connectivity index (χ0n) is 18.3. The Morgan fingerprint density at radius 2 is 1.68 bits per heavy atom. The van der Waals surface area contributed by atoms with Crippen LogP contribution in [0.15, 0.2) is 47.4 Å². The van der Waals surface area contributed by atoms with Crippen molar-refractivity contribution in [2.45, 2.75) is 25.7 Å². The van der Waals surface area contributed by atoms with Crippen LogP contribution in [0, 0.1) is 13.8 Å². The van der Waals surface area contributed by atoms with Gasteiger partial charge in [0.15, 0.2) is 0 Å². The fourth-order valence-electron chi connectivity index (χ4n) is 3.45. The zero-order chi connectivity index (χ0) is 22.4. The van der Waals surface area contributed by atoms with Crippen LogP contribution in [0.2, 0.25) is 0 Å². The molecule has 1 fully saturated rings. The topological polar surface area (TPSA) is 76.2 Å². The second-order valence-electron chi connectivity index (χ2n) is 7.48. The first-order valence-electron chi connectivity index (χ1n) is 10.5. The molecule has 0 bridgehead atoms. The van der Waals surface area contributed by atoms with Crippen molar-refractivity contribution in [3.63, 3.8) is 0 Å². The van der Waals surface area contributed by atoms with Gasteiger partial charge in [-0.05, 0) is 56.2 Å². The minimum atomic E-state index is -3.58. The third-order valence-corrected chi connectivity index (χ3v) is 7.34. The van der Waals surface area contributed by atoms with Gasteiger partial charge >= 0.3 is 0 Å². The van der Waals surface area contributed by atoms with Crippen molar-refractivity contribution in [2.75, 3.05) is 46.0 Å². The van der Waals surface area contributed by atoms with E-state index in [9.17, 15) is 13.2 Å². The lowest BCUT2D eigenvalue weighted by atomic mass is 10.1. The smallest absolute Gasteiger partial charge is 0.257 e. The number of nitrogens with zero attached hydrogens (tertiary/aromatic N) is 2. The molecular formula is C23H30N2O5S. The number of carbonyl (C=O) groups is 1. The highest BCUT2D eigenvalue weighted by Crippen LogP contribution is 2.23. The van der Waals surface area contributed by atoms with Gasteiger partial charge in [-0.2, -0.15) is 4.31 Å². The molecule has 0 atom stereocenters. The Morgan fingerprint density at radius 1 is 0.968 bits per heavy atom. The van der Waals surface area contributed by atoms with E-state index in [1.807, 2.05) is 32.9 Å². The van der Waals surface area contributed by atoms with Gasteiger partial charge in [-0.25, -0.2) is 8.42 Å². The molecule has 2 aromatic rings. The summed E-state index contributed by atoms with van der Waals surface area (Å²) in [6, 6.07) is 12.3. The van der Waals surface area contributed by atoms with Crippen molar-refractivity contribution in [1.82, 2.24) is 9.21 Å². The van der Waals surface area contributed by atoms with Gasteiger partial charge in [0.05, 0.1) is 17.1 Å². The molecule has 0 radical (unpaired) electrons. The predicted octanol–water partition coefficient (Wildman–Crippen LogP) is 2.87. The van der Waals surface area contributed by atoms with Gasteiger partial charge in [0, 0.05) is 32.8 Å². The van der Waals surface area contributed by atoms with Crippen molar-refractivity contribution in [2.24, 2.45) is 0 Å². The van der Waals surface area contributed by atoms with E-state index in [0.717, 1.165) is 11.1 Å². The van der Waals surface area contributed by atoms with Crippen LogP contribution in [-0.2, 0) is 14.8 Å². The molecule has 2 aromatic carbocycles. The van der Waals surface area contributed by atoms with Crippen LogP contribution in [0.1, 0.15) is 28.4 Å². The highest BCUT2D eigenvalue weighted by Gasteiger charge is 2.31. The van der Waals surface area contributed by atoms with E-state index in [1.165, 1.54) is 4.31 Å². The van der Waals surface area contributed by atoms with Crippen LogP contribution >= 0.6 is 0 Å². The van der Waals surface area contributed by atoms with Crippen LogP contribution < -0.4 is 4.74 Å². The lowest BCUT2D eigenvalue weighted by Gasteiger charge is -2.34. The van der Waals surface area contributed by atoms with Gasteiger partial charge in [-0.3, -0.25) is 4.79 Å². The molecule has 3 rings (SSSR count). The summed E-state index contributed by atoms with van der Waals surface area (Å²) in [5, 5.41) is 0. The number of aryl methyl sites for hydroxylation is 2. The number of hydrogen-bond acceptors (Lipinski definition) is 5. The average Bonchev–Trinajstić information content (AvgIpc) is 2.78. The summed E-state index contributed by atoms with van der Waals surface area (Å²) in [5.74, 6) is 0.354. The van der Waals surface area contributed by atoms with Gasteiger partial charge in [-0.15, -0.1) is 0 Å². The standard InChI is InChI=1S/C23H30N2O5S/c1-4-29-15-16-30-22-8-6-5-7-21(22)23(26)24-11-13-25(14-12-24)31(27,28)20-10-9-18(2)19(3)17-20/h5-10,17H,4,11-16H2,1-3H3. The van der Waals surface area contributed by atoms with E-state index in [2.05, 4.69) is 0 Å². The van der Waals surface area contributed by atoms with Crippen LogP contribution in [0.3, 0.4) is 0 Å². The SMILES string of the molecule is CCOCCOc1ccccc1C(=O)N1CCN(S(=O)(=O)c2ccc(C)c(C)c2)CC1. The Labute approximate surface area is 184 Å². The maximum absolute atomic E-state index is 13.1. The molecule has 1 saturated heterocycles. The third-order valence-electron chi connectivity index (χ3n) is 5.45. The molecule has 31 heavy (non-hydrogen) atoms. The molecule has 0 aliphatic carbocycles. The van der Waals surface area contributed by atoms with Crippen LogP contribution in [0.5, 0.6) is 5.75 Å². The summed E-state index contributed by atoms with van der Waals surface area (Å²) >= 11 is 0. The molecule has 1 aliphatic rings. The van der Waals surface area contributed by atoms with Gasteiger partial charge in [0.25, 0.3) is 5.91 Å². The van der Waals surface area contributed by atoms with Crippen molar-refractivity contribution < 1.29 is 22.7 Å². The number of ether oxygens (including phenoxy) is 2. The molecular weight excluding hydrogens is 416 g/mol. The number of hydrogen-bond donors (Lipinski definition) is 0. The number of carbonyl (C=O) groups excluding carboxylic acids is 1. The number of rotatable bonds is 8. The highest BCUT2D eigenvalue weighted by molar-refractivity contribution is 7.89. The molecule has 7 nitrogen and oxygen atoms in total. The Hall–Kier alpha value is -2.42. The second kappa shape index (κ2) is 10.3. The Bertz CT molecular complexity index is 1010. The lowest BCUT2D eigenvalue weighted by molar-refractivity contribution is 0.0688. The molecule has 1 heterocycles. The first-order chi connectivity index (χ1) is 14.8. The third kappa shape index (κ3) is 5.44. The maximum Gasteiger partial charge on any atom is 0.257 e.